The predicted octanol–water partition coefficient (Wildman–Crippen LogP) is 4.20. The maximum Gasteiger partial charge on any atom is 0.163 e. The van der Waals surface area contributed by atoms with Gasteiger partial charge in [0.25, 0.3) is 0 Å². The van der Waals surface area contributed by atoms with Crippen molar-refractivity contribution in [3.63, 3.8) is 0 Å². The second kappa shape index (κ2) is 5.42. The van der Waals surface area contributed by atoms with Crippen molar-refractivity contribution in [2.24, 2.45) is 0 Å². The van der Waals surface area contributed by atoms with Crippen LogP contribution in [0.1, 0.15) is 0 Å². The van der Waals surface area contributed by atoms with Crippen LogP contribution in [-0.2, 0) is 0 Å². The minimum atomic E-state index is 0.536. The number of rotatable bonds is 2. The first-order valence-corrected chi connectivity index (χ1v) is 7.22. The first kappa shape index (κ1) is 13.4. The number of nitrogens with two attached hydrogens (primary N) is 1. The summed E-state index contributed by atoms with van der Waals surface area (Å²) in [6.45, 7) is 1.07. The standard InChI is InChI=1S/C14H12BrClN2O2/c15-8-1-2-9(16)11(5-8)18-12-7-14-13(6-10(12)17)19-3-4-20-14/h1-2,5-7,18H,3-4,17H2. The Labute approximate surface area is 130 Å². The average molecular weight is 356 g/mol. The second-order valence-electron chi connectivity index (χ2n) is 4.33. The zero-order valence-electron chi connectivity index (χ0n) is 10.5. The molecule has 104 valence electrons. The summed E-state index contributed by atoms with van der Waals surface area (Å²) >= 11 is 9.58. The molecule has 0 radical (unpaired) electrons. The molecule has 1 aliphatic heterocycles. The van der Waals surface area contributed by atoms with Gasteiger partial charge in [-0.2, -0.15) is 0 Å². The van der Waals surface area contributed by atoms with E-state index in [1.807, 2.05) is 24.3 Å². The first-order chi connectivity index (χ1) is 9.63. The molecule has 0 atom stereocenters. The van der Waals surface area contributed by atoms with Crippen LogP contribution in [-0.4, -0.2) is 13.2 Å². The summed E-state index contributed by atoms with van der Waals surface area (Å²) in [7, 11) is 0. The van der Waals surface area contributed by atoms with Crippen LogP contribution in [0.3, 0.4) is 0 Å². The van der Waals surface area contributed by atoms with Gasteiger partial charge in [0.05, 0.1) is 22.1 Å². The second-order valence-corrected chi connectivity index (χ2v) is 5.66. The van der Waals surface area contributed by atoms with Gasteiger partial charge in [-0.15, -0.1) is 0 Å². The summed E-state index contributed by atoms with van der Waals surface area (Å²) in [5.74, 6) is 1.35. The molecule has 0 saturated heterocycles. The molecule has 0 bridgehead atoms. The summed E-state index contributed by atoms with van der Waals surface area (Å²) in [6.07, 6.45) is 0. The van der Waals surface area contributed by atoms with E-state index in [9.17, 15) is 0 Å². The number of anilines is 3. The normalized spacial score (nSPS) is 13.1. The van der Waals surface area contributed by atoms with E-state index in [0.29, 0.717) is 35.4 Å². The van der Waals surface area contributed by atoms with Crippen molar-refractivity contribution in [2.75, 3.05) is 24.3 Å². The lowest BCUT2D eigenvalue weighted by atomic mass is 10.2. The highest BCUT2D eigenvalue weighted by Crippen LogP contribution is 2.39. The molecule has 1 heterocycles. The molecule has 6 heteroatoms. The number of nitrogens with one attached hydrogen (secondary N) is 1. The quantitative estimate of drug-likeness (QED) is 0.793. The molecule has 4 nitrogen and oxygen atoms in total. The Kier molecular flexibility index (Phi) is 3.63. The van der Waals surface area contributed by atoms with Gasteiger partial charge in [0.2, 0.25) is 0 Å². The molecule has 0 aromatic heterocycles. The number of nitrogen functional groups attached to an aromatic ring is 1. The predicted molar refractivity (Wildman–Crippen MR) is 84.3 cm³/mol. The lowest BCUT2D eigenvalue weighted by Gasteiger charge is -2.20. The molecule has 20 heavy (non-hydrogen) atoms. The molecule has 0 unspecified atom stereocenters. The maximum absolute atomic E-state index is 6.16. The van der Waals surface area contributed by atoms with Crippen LogP contribution in [0.4, 0.5) is 17.1 Å². The SMILES string of the molecule is Nc1cc2c(cc1Nc1cc(Br)ccc1Cl)OCCO2. The van der Waals surface area contributed by atoms with Crippen molar-refractivity contribution in [3.8, 4) is 11.5 Å². The highest BCUT2D eigenvalue weighted by atomic mass is 79.9. The van der Waals surface area contributed by atoms with Crippen LogP contribution in [0, 0.1) is 0 Å². The zero-order chi connectivity index (χ0) is 14.1. The minimum Gasteiger partial charge on any atom is -0.486 e. The van der Waals surface area contributed by atoms with Gasteiger partial charge in [0.1, 0.15) is 13.2 Å². The van der Waals surface area contributed by atoms with E-state index in [1.165, 1.54) is 0 Å². The van der Waals surface area contributed by atoms with Gasteiger partial charge in [-0.05, 0) is 18.2 Å². The fourth-order valence-corrected chi connectivity index (χ4v) is 2.48. The van der Waals surface area contributed by atoms with Crippen molar-refractivity contribution in [1.29, 1.82) is 0 Å². The van der Waals surface area contributed by atoms with E-state index in [-0.39, 0.29) is 0 Å². The van der Waals surface area contributed by atoms with E-state index in [1.54, 1.807) is 6.07 Å². The maximum atomic E-state index is 6.16. The van der Waals surface area contributed by atoms with Crippen LogP contribution in [0.15, 0.2) is 34.8 Å². The molecule has 0 aliphatic carbocycles. The molecule has 2 aromatic rings. The van der Waals surface area contributed by atoms with Crippen molar-refractivity contribution in [3.05, 3.63) is 39.8 Å². The highest BCUT2D eigenvalue weighted by Gasteiger charge is 2.15. The Hall–Kier alpha value is -1.59. The van der Waals surface area contributed by atoms with E-state index in [2.05, 4.69) is 21.2 Å². The molecule has 3 rings (SSSR count). The summed E-state index contributed by atoms with van der Waals surface area (Å²) in [5.41, 5.74) is 8.10. The number of hydrogen-bond donors (Lipinski definition) is 2. The lowest BCUT2D eigenvalue weighted by molar-refractivity contribution is 0.172. The fourth-order valence-electron chi connectivity index (χ4n) is 1.95. The molecule has 2 aromatic carbocycles. The third kappa shape index (κ3) is 2.64. The highest BCUT2D eigenvalue weighted by molar-refractivity contribution is 9.10. The van der Waals surface area contributed by atoms with Crippen LogP contribution in [0.5, 0.6) is 11.5 Å². The third-order valence-electron chi connectivity index (χ3n) is 2.91. The van der Waals surface area contributed by atoms with Gasteiger partial charge in [0, 0.05) is 16.6 Å². The van der Waals surface area contributed by atoms with E-state index in [0.717, 1.165) is 15.8 Å². The Morgan fingerprint density at radius 3 is 2.50 bits per heavy atom. The zero-order valence-corrected chi connectivity index (χ0v) is 12.8. The van der Waals surface area contributed by atoms with Crippen molar-refractivity contribution in [1.82, 2.24) is 0 Å². The van der Waals surface area contributed by atoms with Gasteiger partial charge in [0.15, 0.2) is 11.5 Å². The minimum absolute atomic E-state index is 0.536. The summed E-state index contributed by atoms with van der Waals surface area (Å²) in [4.78, 5) is 0. The smallest absolute Gasteiger partial charge is 0.163 e. The molecule has 1 aliphatic rings. The lowest BCUT2D eigenvalue weighted by Crippen LogP contribution is -2.15. The van der Waals surface area contributed by atoms with Gasteiger partial charge in [-0.3, -0.25) is 0 Å². The molecular weight excluding hydrogens is 344 g/mol. The number of fused-ring (bicyclic) bond motifs is 1. The Bertz CT molecular complexity index is 664. The van der Waals surface area contributed by atoms with E-state index in [4.69, 9.17) is 26.8 Å². The number of ether oxygens (including phenoxy) is 2. The number of benzene rings is 2. The van der Waals surface area contributed by atoms with Crippen LogP contribution in [0.2, 0.25) is 5.02 Å². The average Bonchev–Trinajstić information content (AvgIpc) is 2.43. The Morgan fingerprint density at radius 2 is 1.75 bits per heavy atom. The van der Waals surface area contributed by atoms with Crippen molar-refractivity contribution in [2.45, 2.75) is 0 Å². The summed E-state index contributed by atoms with van der Waals surface area (Å²) in [6, 6.07) is 9.14. The largest absolute Gasteiger partial charge is 0.486 e. The molecule has 0 fully saturated rings. The van der Waals surface area contributed by atoms with Crippen molar-refractivity contribution < 1.29 is 9.47 Å². The number of hydrogen-bond acceptors (Lipinski definition) is 4. The fraction of sp³-hybridized carbons (Fsp3) is 0.143. The van der Waals surface area contributed by atoms with Gasteiger partial charge in [-0.25, -0.2) is 0 Å². The van der Waals surface area contributed by atoms with Crippen LogP contribution >= 0.6 is 27.5 Å². The molecule has 0 saturated carbocycles. The number of halogens is 2. The van der Waals surface area contributed by atoms with Crippen molar-refractivity contribution >= 4 is 44.6 Å². The van der Waals surface area contributed by atoms with Crippen LogP contribution in [0.25, 0.3) is 0 Å². The van der Waals surface area contributed by atoms with Crippen LogP contribution < -0.4 is 20.5 Å². The molecule has 0 amide bonds. The van der Waals surface area contributed by atoms with Gasteiger partial charge >= 0.3 is 0 Å². The van der Waals surface area contributed by atoms with E-state index >= 15 is 0 Å². The molecule has 3 N–H and O–H groups in total. The monoisotopic (exact) mass is 354 g/mol. The van der Waals surface area contributed by atoms with E-state index < -0.39 is 0 Å². The summed E-state index contributed by atoms with van der Waals surface area (Å²) in [5, 5.41) is 3.82. The van der Waals surface area contributed by atoms with Gasteiger partial charge < -0.3 is 20.5 Å². The Balaban J connectivity index is 1.96. The third-order valence-corrected chi connectivity index (χ3v) is 3.73. The Morgan fingerprint density at radius 1 is 1.05 bits per heavy atom. The summed E-state index contributed by atoms with van der Waals surface area (Å²) < 4.78 is 12.0. The topological polar surface area (TPSA) is 56.5 Å². The molecule has 0 spiro atoms. The first-order valence-electron chi connectivity index (χ1n) is 6.04. The molecular formula is C14H12BrClN2O2. The van der Waals surface area contributed by atoms with Gasteiger partial charge in [-0.1, -0.05) is 27.5 Å².